The van der Waals surface area contributed by atoms with Gasteiger partial charge in [-0.15, -0.1) is 0 Å². The monoisotopic (exact) mass is 194 g/mol. The van der Waals surface area contributed by atoms with Crippen LogP contribution in [0.5, 0.6) is 0 Å². The fourth-order valence-electron chi connectivity index (χ4n) is 1.99. The molecule has 1 aliphatic rings. The van der Waals surface area contributed by atoms with Gasteiger partial charge in [0.25, 0.3) is 0 Å². The smallest absolute Gasteiger partial charge is 0.105 e. The van der Waals surface area contributed by atoms with Crippen LogP contribution in [0.15, 0.2) is 16.7 Å². The fourth-order valence-corrected chi connectivity index (χ4v) is 1.99. The van der Waals surface area contributed by atoms with Gasteiger partial charge in [-0.2, -0.15) is 0 Å². The number of hydrogen-bond acceptors (Lipinski definition) is 3. The number of nitrogens with zero attached hydrogens (tertiary/aromatic N) is 1. The molecule has 1 aromatic rings. The predicted octanol–water partition coefficient (Wildman–Crippen LogP) is 1.38. The van der Waals surface area contributed by atoms with Gasteiger partial charge in [0, 0.05) is 24.7 Å². The van der Waals surface area contributed by atoms with Gasteiger partial charge < -0.3 is 9.73 Å². The third kappa shape index (κ3) is 1.99. The van der Waals surface area contributed by atoms with Crippen molar-refractivity contribution in [3.63, 3.8) is 0 Å². The van der Waals surface area contributed by atoms with Gasteiger partial charge in [0.05, 0.1) is 6.26 Å². The van der Waals surface area contributed by atoms with E-state index in [-0.39, 0.29) is 0 Å². The van der Waals surface area contributed by atoms with Gasteiger partial charge in [0.1, 0.15) is 5.76 Å². The summed E-state index contributed by atoms with van der Waals surface area (Å²) in [6, 6.07) is 2.75. The highest BCUT2D eigenvalue weighted by molar-refractivity contribution is 5.15. The second kappa shape index (κ2) is 4.15. The molecule has 0 spiro atoms. The molecule has 1 saturated heterocycles. The zero-order valence-electron chi connectivity index (χ0n) is 8.92. The molecule has 1 aromatic heterocycles. The summed E-state index contributed by atoms with van der Waals surface area (Å²) in [4.78, 5) is 2.40. The number of aryl methyl sites for hydroxylation is 1. The van der Waals surface area contributed by atoms with E-state index < -0.39 is 0 Å². The van der Waals surface area contributed by atoms with Gasteiger partial charge in [-0.05, 0) is 33.0 Å². The second-order valence-electron chi connectivity index (χ2n) is 4.06. The van der Waals surface area contributed by atoms with Crippen molar-refractivity contribution in [3.05, 3.63) is 23.7 Å². The molecule has 14 heavy (non-hydrogen) atoms. The minimum atomic E-state index is 0.685. The molecule has 0 bridgehead atoms. The first kappa shape index (κ1) is 9.74. The molecule has 3 heteroatoms. The third-order valence-electron chi connectivity index (χ3n) is 3.04. The molecular formula is C11H18N2O. The van der Waals surface area contributed by atoms with E-state index >= 15 is 0 Å². The van der Waals surface area contributed by atoms with Crippen LogP contribution in [0.1, 0.15) is 17.7 Å². The van der Waals surface area contributed by atoms with Crippen LogP contribution in [0.25, 0.3) is 0 Å². The van der Waals surface area contributed by atoms with Gasteiger partial charge in [-0.3, -0.25) is 4.90 Å². The summed E-state index contributed by atoms with van der Waals surface area (Å²) in [5.74, 6) is 1.04. The van der Waals surface area contributed by atoms with E-state index in [0.29, 0.717) is 6.04 Å². The molecule has 3 nitrogen and oxygen atoms in total. The number of furan rings is 1. The lowest BCUT2D eigenvalue weighted by molar-refractivity contribution is 0.247. The Labute approximate surface area is 85.1 Å². The molecule has 1 aliphatic heterocycles. The summed E-state index contributed by atoms with van der Waals surface area (Å²) in [7, 11) is 2.18. The lowest BCUT2D eigenvalue weighted by atomic mass is 10.2. The average Bonchev–Trinajstić information content (AvgIpc) is 2.77. The van der Waals surface area contributed by atoms with Gasteiger partial charge in [-0.25, -0.2) is 0 Å². The normalized spacial score (nSPS) is 22.1. The number of nitrogens with one attached hydrogen (secondary N) is 1. The summed E-state index contributed by atoms with van der Waals surface area (Å²) >= 11 is 0. The van der Waals surface area contributed by atoms with Gasteiger partial charge in [-0.1, -0.05) is 0 Å². The molecule has 0 amide bonds. The molecule has 1 fully saturated rings. The second-order valence-corrected chi connectivity index (χ2v) is 4.06. The van der Waals surface area contributed by atoms with Crippen LogP contribution < -0.4 is 5.32 Å². The van der Waals surface area contributed by atoms with Crippen LogP contribution in [0.2, 0.25) is 0 Å². The Morgan fingerprint density at radius 2 is 2.50 bits per heavy atom. The number of rotatable bonds is 3. The Bertz CT molecular complexity index is 289. The maximum Gasteiger partial charge on any atom is 0.105 e. The molecule has 1 unspecified atom stereocenters. The fraction of sp³-hybridized carbons (Fsp3) is 0.636. The zero-order chi connectivity index (χ0) is 9.97. The molecule has 1 N–H and O–H groups in total. The maximum atomic E-state index is 5.29. The van der Waals surface area contributed by atoms with Crippen molar-refractivity contribution < 1.29 is 4.42 Å². The summed E-state index contributed by atoms with van der Waals surface area (Å²) < 4.78 is 5.29. The van der Waals surface area contributed by atoms with Crippen molar-refractivity contribution in [3.8, 4) is 0 Å². The minimum Gasteiger partial charge on any atom is -0.469 e. The van der Waals surface area contributed by atoms with Crippen molar-refractivity contribution in [2.24, 2.45) is 0 Å². The Morgan fingerprint density at radius 1 is 1.64 bits per heavy atom. The largest absolute Gasteiger partial charge is 0.469 e. The Kier molecular flexibility index (Phi) is 2.89. The highest BCUT2D eigenvalue weighted by atomic mass is 16.3. The van der Waals surface area contributed by atoms with E-state index in [4.69, 9.17) is 4.42 Å². The highest BCUT2D eigenvalue weighted by Crippen LogP contribution is 2.14. The lowest BCUT2D eigenvalue weighted by Crippen LogP contribution is -2.32. The van der Waals surface area contributed by atoms with Crippen LogP contribution in [-0.4, -0.2) is 31.1 Å². The first-order valence-corrected chi connectivity index (χ1v) is 5.21. The summed E-state index contributed by atoms with van der Waals surface area (Å²) in [5.41, 5.74) is 1.31. The van der Waals surface area contributed by atoms with Crippen LogP contribution in [-0.2, 0) is 6.54 Å². The van der Waals surface area contributed by atoms with Crippen molar-refractivity contribution in [2.75, 3.05) is 20.1 Å². The van der Waals surface area contributed by atoms with Crippen LogP contribution in [0.3, 0.4) is 0 Å². The quantitative estimate of drug-likeness (QED) is 0.788. The summed E-state index contributed by atoms with van der Waals surface area (Å²) in [5, 5.41) is 3.38. The van der Waals surface area contributed by atoms with E-state index in [1.165, 1.54) is 12.0 Å². The van der Waals surface area contributed by atoms with Crippen molar-refractivity contribution in [1.29, 1.82) is 0 Å². The Hall–Kier alpha value is -0.800. The lowest BCUT2D eigenvalue weighted by Gasteiger charge is -2.22. The molecule has 0 aliphatic carbocycles. The number of hydrogen-bond donors (Lipinski definition) is 1. The molecule has 2 heterocycles. The molecule has 0 radical (unpaired) electrons. The molecule has 78 valence electrons. The van der Waals surface area contributed by atoms with Crippen molar-refractivity contribution in [2.45, 2.75) is 25.9 Å². The maximum absolute atomic E-state index is 5.29. The van der Waals surface area contributed by atoms with Gasteiger partial charge in [0.15, 0.2) is 0 Å². The van der Waals surface area contributed by atoms with E-state index in [9.17, 15) is 0 Å². The third-order valence-corrected chi connectivity index (χ3v) is 3.04. The Morgan fingerprint density at radius 3 is 3.07 bits per heavy atom. The van der Waals surface area contributed by atoms with Crippen LogP contribution in [0.4, 0.5) is 0 Å². The predicted molar refractivity (Wildman–Crippen MR) is 56.2 cm³/mol. The molecule has 1 atom stereocenters. The summed E-state index contributed by atoms with van der Waals surface area (Å²) in [6.07, 6.45) is 3.03. The molecular weight excluding hydrogens is 176 g/mol. The van der Waals surface area contributed by atoms with E-state index in [0.717, 1.165) is 25.4 Å². The topological polar surface area (TPSA) is 28.4 Å². The van der Waals surface area contributed by atoms with E-state index in [1.807, 2.05) is 6.92 Å². The van der Waals surface area contributed by atoms with Crippen molar-refractivity contribution in [1.82, 2.24) is 10.2 Å². The first-order valence-electron chi connectivity index (χ1n) is 5.21. The number of likely N-dealkylation sites (N-methyl/N-ethyl adjacent to an activating group) is 1. The zero-order valence-corrected chi connectivity index (χ0v) is 8.92. The molecule has 2 rings (SSSR count). The highest BCUT2D eigenvalue weighted by Gasteiger charge is 2.19. The SMILES string of the molecule is Cc1occc1CN(C)C1CCNC1. The molecule has 0 aromatic carbocycles. The van der Waals surface area contributed by atoms with Crippen molar-refractivity contribution >= 4 is 0 Å². The first-order chi connectivity index (χ1) is 6.77. The van der Waals surface area contributed by atoms with E-state index in [2.05, 4.69) is 23.3 Å². The standard InChI is InChI=1S/C11H18N2O/c1-9-10(4-6-14-9)8-13(2)11-3-5-12-7-11/h4,6,11-12H,3,5,7-8H2,1-2H3. The molecule has 0 saturated carbocycles. The average molecular weight is 194 g/mol. The van der Waals surface area contributed by atoms with Crippen LogP contribution in [0, 0.1) is 6.92 Å². The van der Waals surface area contributed by atoms with E-state index in [1.54, 1.807) is 6.26 Å². The van der Waals surface area contributed by atoms with Gasteiger partial charge in [0.2, 0.25) is 0 Å². The minimum absolute atomic E-state index is 0.685. The summed E-state index contributed by atoms with van der Waals surface area (Å²) in [6.45, 7) is 5.29. The Balaban J connectivity index is 1.93. The van der Waals surface area contributed by atoms with Crippen LogP contribution >= 0.6 is 0 Å². The van der Waals surface area contributed by atoms with Gasteiger partial charge >= 0.3 is 0 Å².